The highest BCUT2D eigenvalue weighted by atomic mass is 32.1. The number of hydrogen-bond donors (Lipinski definition) is 1. The molecule has 1 N–H and O–H groups in total. The SMILES string of the molecule is Cc1cn2c(CNc3cccnc3)c(C)nc2s1. The topological polar surface area (TPSA) is 42.2 Å². The molecule has 3 aromatic heterocycles. The molecule has 92 valence electrons. The quantitative estimate of drug-likeness (QED) is 0.785. The minimum atomic E-state index is 0.759. The fourth-order valence-corrected chi connectivity index (χ4v) is 2.87. The van der Waals surface area contributed by atoms with Crippen LogP contribution in [0.4, 0.5) is 5.69 Å². The normalized spacial score (nSPS) is 11.0. The molecule has 0 spiro atoms. The minimum absolute atomic E-state index is 0.759. The van der Waals surface area contributed by atoms with Crippen LogP contribution in [0.5, 0.6) is 0 Å². The third-order valence-electron chi connectivity index (χ3n) is 2.86. The number of nitrogens with zero attached hydrogens (tertiary/aromatic N) is 3. The summed E-state index contributed by atoms with van der Waals surface area (Å²) in [7, 11) is 0. The summed E-state index contributed by atoms with van der Waals surface area (Å²) >= 11 is 1.72. The maximum absolute atomic E-state index is 4.57. The number of pyridine rings is 1. The summed E-state index contributed by atoms with van der Waals surface area (Å²) in [6.45, 7) is 4.91. The number of aryl methyl sites for hydroxylation is 2. The molecule has 0 fully saturated rings. The highest BCUT2D eigenvalue weighted by molar-refractivity contribution is 7.17. The molecule has 0 bridgehead atoms. The average molecular weight is 258 g/mol. The van der Waals surface area contributed by atoms with Crippen LogP contribution >= 0.6 is 11.3 Å². The van der Waals surface area contributed by atoms with Gasteiger partial charge in [-0.15, -0.1) is 11.3 Å². The van der Waals surface area contributed by atoms with Gasteiger partial charge < -0.3 is 5.32 Å². The Morgan fingerprint density at radius 3 is 3.06 bits per heavy atom. The van der Waals surface area contributed by atoms with Gasteiger partial charge in [-0.3, -0.25) is 9.38 Å². The second kappa shape index (κ2) is 4.42. The maximum atomic E-state index is 4.57. The standard InChI is InChI=1S/C13H14N4S/c1-9-8-17-12(10(2)16-13(17)18-9)7-15-11-4-3-5-14-6-11/h3-6,8,15H,7H2,1-2H3. The molecule has 0 aliphatic carbocycles. The molecule has 3 heterocycles. The number of hydrogen-bond acceptors (Lipinski definition) is 4. The van der Waals surface area contributed by atoms with E-state index in [0.717, 1.165) is 22.9 Å². The van der Waals surface area contributed by atoms with Gasteiger partial charge in [0.2, 0.25) is 0 Å². The Balaban J connectivity index is 1.88. The van der Waals surface area contributed by atoms with Crippen LogP contribution < -0.4 is 5.32 Å². The van der Waals surface area contributed by atoms with Crippen LogP contribution in [-0.4, -0.2) is 14.4 Å². The van der Waals surface area contributed by atoms with Crippen molar-refractivity contribution in [3.63, 3.8) is 0 Å². The molecule has 0 amide bonds. The molecule has 0 aliphatic heterocycles. The molecule has 0 unspecified atom stereocenters. The number of fused-ring (bicyclic) bond motifs is 1. The van der Waals surface area contributed by atoms with Crippen molar-refractivity contribution in [2.75, 3.05) is 5.32 Å². The third kappa shape index (κ3) is 1.97. The fraction of sp³-hybridized carbons (Fsp3) is 0.231. The zero-order valence-corrected chi connectivity index (χ0v) is 11.2. The lowest BCUT2D eigenvalue weighted by Crippen LogP contribution is -2.03. The maximum Gasteiger partial charge on any atom is 0.194 e. The Hall–Kier alpha value is -1.88. The van der Waals surface area contributed by atoms with Crippen LogP contribution in [0, 0.1) is 13.8 Å². The minimum Gasteiger partial charge on any atom is -0.378 e. The molecular formula is C13H14N4S. The molecule has 0 saturated carbocycles. The van der Waals surface area contributed by atoms with Crippen LogP contribution in [0.2, 0.25) is 0 Å². The molecule has 0 atom stereocenters. The van der Waals surface area contributed by atoms with E-state index < -0.39 is 0 Å². The van der Waals surface area contributed by atoms with E-state index in [-0.39, 0.29) is 0 Å². The van der Waals surface area contributed by atoms with Gasteiger partial charge in [-0.1, -0.05) is 0 Å². The number of imidazole rings is 1. The molecule has 5 heteroatoms. The smallest absolute Gasteiger partial charge is 0.194 e. The monoisotopic (exact) mass is 258 g/mol. The van der Waals surface area contributed by atoms with Crippen LogP contribution in [0.3, 0.4) is 0 Å². The lowest BCUT2D eigenvalue weighted by molar-refractivity contribution is 0.989. The van der Waals surface area contributed by atoms with E-state index in [1.807, 2.05) is 18.3 Å². The summed E-state index contributed by atoms with van der Waals surface area (Å²) < 4.78 is 2.17. The number of rotatable bonds is 3. The van der Waals surface area contributed by atoms with Gasteiger partial charge in [0.05, 0.1) is 23.6 Å². The van der Waals surface area contributed by atoms with Crippen molar-refractivity contribution in [1.29, 1.82) is 0 Å². The summed E-state index contributed by atoms with van der Waals surface area (Å²) in [5, 5.41) is 3.37. The van der Waals surface area contributed by atoms with E-state index in [0.29, 0.717) is 0 Å². The summed E-state index contributed by atoms with van der Waals surface area (Å²) in [5.41, 5.74) is 3.31. The Bertz CT molecular complexity index is 669. The van der Waals surface area contributed by atoms with Crippen molar-refractivity contribution in [3.8, 4) is 0 Å². The van der Waals surface area contributed by atoms with Gasteiger partial charge >= 0.3 is 0 Å². The van der Waals surface area contributed by atoms with Gasteiger partial charge in [0.25, 0.3) is 0 Å². The average Bonchev–Trinajstić information content (AvgIpc) is 2.84. The van der Waals surface area contributed by atoms with E-state index in [4.69, 9.17) is 0 Å². The van der Waals surface area contributed by atoms with Crippen molar-refractivity contribution in [3.05, 3.63) is 47.0 Å². The van der Waals surface area contributed by atoms with Crippen LogP contribution in [0.25, 0.3) is 4.96 Å². The third-order valence-corrected chi connectivity index (χ3v) is 3.76. The highest BCUT2D eigenvalue weighted by Crippen LogP contribution is 2.21. The van der Waals surface area contributed by atoms with Crippen molar-refractivity contribution in [2.24, 2.45) is 0 Å². The predicted molar refractivity (Wildman–Crippen MR) is 74.1 cm³/mol. The van der Waals surface area contributed by atoms with Gasteiger partial charge in [-0.05, 0) is 26.0 Å². The zero-order chi connectivity index (χ0) is 12.5. The van der Waals surface area contributed by atoms with Gasteiger partial charge in [0, 0.05) is 23.5 Å². The van der Waals surface area contributed by atoms with Crippen molar-refractivity contribution in [1.82, 2.24) is 14.4 Å². The van der Waals surface area contributed by atoms with Gasteiger partial charge in [-0.2, -0.15) is 0 Å². The van der Waals surface area contributed by atoms with Gasteiger partial charge in [-0.25, -0.2) is 4.98 Å². The lowest BCUT2D eigenvalue weighted by Gasteiger charge is -2.05. The molecule has 0 radical (unpaired) electrons. The van der Waals surface area contributed by atoms with Crippen LogP contribution in [0.15, 0.2) is 30.7 Å². The van der Waals surface area contributed by atoms with Crippen LogP contribution in [-0.2, 0) is 6.54 Å². The zero-order valence-electron chi connectivity index (χ0n) is 10.3. The molecular weight excluding hydrogens is 244 g/mol. The first-order valence-electron chi connectivity index (χ1n) is 5.82. The Morgan fingerprint density at radius 1 is 1.39 bits per heavy atom. The number of nitrogens with one attached hydrogen (secondary N) is 1. The number of aromatic nitrogens is 3. The van der Waals surface area contributed by atoms with Crippen molar-refractivity contribution >= 4 is 22.0 Å². The summed E-state index contributed by atoms with van der Waals surface area (Å²) in [6, 6.07) is 3.94. The first-order chi connectivity index (χ1) is 8.74. The molecule has 0 saturated heterocycles. The van der Waals surface area contributed by atoms with Crippen LogP contribution in [0.1, 0.15) is 16.3 Å². The largest absolute Gasteiger partial charge is 0.378 e. The van der Waals surface area contributed by atoms with Gasteiger partial charge in [0.1, 0.15) is 0 Å². The number of thiazole rings is 1. The van der Waals surface area contributed by atoms with E-state index >= 15 is 0 Å². The van der Waals surface area contributed by atoms with E-state index in [2.05, 4.69) is 39.7 Å². The molecule has 3 aromatic rings. The Labute approximate surface area is 109 Å². The Kier molecular flexibility index (Phi) is 2.76. The number of anilines is 1. The lowest BCUT2D eigenvalue weighted by atomic mass is 10.3. The summed E-state index contributed by atoms with van der Waals surface area (Å²) in [4.78, 5) is 11.0. The second-order valence-electron chi connectivity index (χ2n) is 4.23. The van der Waals surface area contributed by atoms with E-state index in [1.165, 1.54) is 10.6 Å². The van der Waals surface area contributed by atoms with E-state index in [9.17, 15) is 0 Å². The molecule has 18 heavy (non-hydrogen) atoms. The first kappa shape index (κ1) is 11.2. The highest BCUT2D eigenvalue weighted by Gasteiger charge is 2.10. The molecule has 0 aliphatic rings. The fourth-order valence-electron chi connectivity index (χ4n) is 1.98. The molecule has 4 nitrogen and oxygen atoms in total. The van der Waals surface area contributed by atoms with E-state index in [1.54, 1.807) is 17.5 Å². The molecule has 0 aromatic carbocycles. The van der Waals surface area contributed by atoms with Crippen molar-refractivity contribution in [2.45, 2.75) is 20.4 Å². The van der Waals surface area contributed by atoms with Gasteiger partial charge in [0.15, 0.2) is 4.96 Å². The second-order valence-corrected chi connectivity index (χ2v) is 5.45. The Morgan fingerprint density at radius 2 is 2.28 bits per heavy atom. The first-order valence-corrected chi connectivity index (χ1v) is 6.63. The van der Waals surface area contributed by atoms with Crippen molar-refractivity contribution < 1.29 is 0 Å². The predicted octanol–water partition coefficient (Wildman–Crippen LogP) is 3.02. The molecule has 3 rings (SSSR count). The summed E-state index contributed by atoms with van der Waals surface area (Å²) in [5.74, 6) is 0. The summed E-state index contributed by atoms with van der Waals surface area (Å²) in [6.07, 6.45) is 5.74.